The smallest absolute Gasteiger partial charge is 0.326 e. The van der Waals surface area contributed by atoms with Gasteiger partial charge in [0, 0.05) is 15.6 Å². The van der Waals surface area contributed by atoms with Crippen molar-refractivity contribution in [3.63, 3.8) is 0 Å². The topological polar surface area (TPSA) is 66.4 Å². The summed E-state index contributed by atoms with van der Waals surface area (Å²) in [6.07, 6.45) is 0.236. The standard InChI is InChI=1S/C22H18INO3/c23-19-12-6-15(7-13-19)14-20(22(26)27)24-21(25)18-10-8-17(9-11-18)16-4-2-1-3-5-16/h1-13,20H,14H2,(H,24,25)(H,26,27)/t20-/m0/s1. The maximum Gasteiger partial charge on any atom is 0.326 e. The fourth-order valence-corrected chi connectivity index (χ4v) is 3.10. The van der Waals surface area contributed by atoms with Gasteiger partial charge in [0.15, 0.2) is 0 Å². The number of carbonyl (C=O) groups is 2. The van der Waals surface area contributed by atoms with Gasteiger partial charge in [-0.1, -0.05) is 54.6 Å². The zero-order valence-corrected chi connectivity index (χ0v) is 16.6. The molecule has 0 aromatic heterocycles. The summed E-state index contributed by atoms with van der Waals surface area (Å²) >= 11 is 2.19. The first kappa shape index (κ1) is 19.1. The lowest BCUT2D eigenvalue weighted by atomic mass is 10.0. The van der Waals surface area contributed by atoms with Gasteiger partial charge >= 0.3 is 5.97 Å². The van der Waals surface area contributed by atoms with Crippen LogP contribution in [0.15, 0.2) is 78.9 Å². The minimum absolute atomic E-state index is 0.236. The molecule has 0 bridgehead atoms. The van der Waals surface area contributed by atoms with Crippen molar-refractivity contribution in [2.45, 2.75) is 12.5 Å². The Morgan fingerprint density at radius 2 is 1.44 bits per heavy atom. The number of hydrogen-bond acceptors (Lipinski definition) is 2. The average Bonchev–Trinajstić information content (AvgIpc) is 2.69. The quantitative estimate of drug-likeness (QED) is 0.525. The molecule has 3 rings (SSSR count). The minimum Gasteiger partial charge on any atom is -0.480 e. The maximum absolute atomic E-state index is 12.5. The van der Waals surface area contributed by atoms with Crippen LogP contribution in [0, 0.1) is 3.57 Å². The van der Waals surface area contributed by atoms with E-state index in [1.54, 1.807) is 12.1 Å². The number of carboxylic acid groups (broad SMARTS) is 1. The van der Waals surface area contributed by atoms with Gasteiger partial charge in [0.05, 0.1) is 0 Å². The number of carboxylic acids is 1. The van der Waals surface area contributed by atoms with Gasteiger partial charge in [-0.3, -0.25) is 4.79 Å². The molecule has 0 fully saturated rings. The first-order chi connectivity index (χ1) is 13.0. The number of benzene rings is 3. The summed E-state index contributed by atoms with van der Waals surface area (Å²) in [7, 11) is 0. The van der Waals surface area contributed by atoms with Crippen LogP contribution >= 0.6 is 22.6 Å². The zero-order valence-electron chi connectivity index (χ0n) is 14.4. The Morgan fingerprint density at radius 3 is 2.04 bits per heavy atom. The third-order valence-electron chi connectivity index (χ3n) is 4.21. The summed E-state index contributed by atoms with van der Waals surface area (Å²) in [6, 6.07) is 23.6. The average molecular weight is 471 g/mol. The van der Waals surface area contributed by atoms with E-state index < -0.39 is 17.9 Å². The second-order valence-corrected chi connectivity index (χ2v) is 7.38. The highest BCUT2D eigenvalue weighted by molar-refractivity contribution is 14.1. The van der Waals surface area contributed by atoms with Crippen LogP contribution in [0.5, 0.6) is 0 Å². The van der Waals surface area contributed by atoms with Gasteiger partial charge in [0.2, 0.25) is 0 Å². The van der Waals surface area contributed by atoms with Crippen LogP contribution in [0.4, 0.5) is 0 Å². The van der Waals surface area contributed by atoms with Gasteiger partial charge in [0.1, 0.15) is 6.04 Å². The number of carbonyl (C=O) groups excluding carboxylic acids is 1. The molecule has 3 aromatic carbocycles. The Labute approximate surface area is 171 Å². The number of amides is 1. The SMILES string of the molecule is O=C(N[C@@H](Cc1ccc(I)cc1)C(=O)O)c1ccc(-c2ccccc2)cc1. The van der Waals surface area contributed by atoms with Crippen molar-refractivity contribution in [2.24, 2.45) is 0 Å². The van der Waals surface area contributed by atoms with Crippen LogP contribution in [-0.2, 0) is 11.2 Å². The molecule has 1 amide bonds. The first-order valence-corrected chi connectivity index (χ1v) is 9.54. The Kier molecular flexibility index (Phi) is 6.24. The largest absolute Gasteiger partial charge is 0.480 e. The third-order valence-corrected chi connectivity index (χ3v) is 4.93. The fourth-order valence-electron chi connectivity index (χ4n) is 2.74. The summed E-state index contributed by atoms with van der Waals surface area (Å²) in [4.78, 5) is 24.0. The molecule has 3 aromatic rings. The second kappa shape index (κ2) is 8.81. The predicted molar refractivity (Wildman–Crippen MR) is 114 cm³/mol. The highest BCUT2D eigenvalue weighted by atomic mass is 127. The van der Waals surface area contributed by atoms with E-state index in [1.807, 2.05) is 66.7 Å². The van der Waals surface area contributed by atoms with E-state index in [9.17, 15) is 14.7 Å². The lowest BCUT2D eigenvalue weighted by molar-refractivity contribution is -0.139. The van der Waals surface area contributed by atoms with Crippen LogP contribution in [0.1, 0.15) is 15.9 Å². The predicted octanol–water partition coefficient (Wildman–Crippen LogP) is 4.38. The van der Waals surface area contributed by atoms with E-state index in [4.69, 9.17) is 0 Å². The van der Waals surface area contributed by atoms with E-state index in [1.165, 1.54) is 0 Å². The van der Waals surface area contributed by atoms with Gasteiger partial charge in [0.25, 0.3) is 5.91 Å². The molecule has 0 aliphatic rings. The normalized spacial score (nSPS) is 11.6. The summed E-state index contributed by atoms with van der Waals surface area (Å²) in [5.41, 5.74) is 3.36. The van der Waals surface area contributed by atoms with Gasteiger partial charge in [-0.2, -0.15) is 0 Å². The van der Waals surface area contributed by atoms with E-state index in [0.717, 1.165) is 20.3 Å². The highest BCUT2D eigenvalue weighted by Gasteiger charge is 2.21. The molecule has 27 heavy (non-hydrogen) atoms. The summed E-state index contributed by atoms with van der Waals surface area (Å²) in [5, 5.41) is 12.1. The van der Waals surface area contributed by atoms with Crippen LogP contribution < -0.4 is 5.32 Å². The summed E-state index contributed by atoms with van der Waals surface area (Å²) in [6.45, 7) is 0. The molecule has 0 aliphatic heterocycles. The van der Waals surface area contributed by atoms with Crippen LogP contribution in [0.25, 0.3) is 11.1 Å². The zero-order chi connectivity index (χ0) is 19.2. The molecule has 0 saturated carbocycles. The number of halogens is 1. The van der Waals surface area contributed by atoms with Crippen molar-refractivity contribution in [1.29, 1.82) is 0 Å². The van der Waals surface area contributed by atoms with E-state index in [0.29, 0.717) is 5.56 Å². The number of rotatable bonds is 6. The molecular formula is C22H18INO3. The molecule has 136 valence electrons. The van der Waals surface area contributed by atoms with Crippen LogP contribution in [-0.4, -0.2) is 23.0 Å². The fraction of sp³-hybridized carbons (Fsp3) is 0.0909. The molecule has 5 heteroatoms. The third kappa shape index (κ3) is 5.17. The lowest BCUT2D eigenvalue weighted by Crippen LogP contribution is -2.42. The molecule has 2 N–H and O–H groups in total. The molecule has 0 spiro atoms. The van der Waals surface area contributed by atoms with Gasteiger partial charge in [-0.25, -0.2) is 4.79 Å². The molecule has 0 heterocycles. The Morgan fingerprint density at radius 1 is 0.852 bits per heavy atom. The molecule has 4 nitrogen and oxygen atoms in total. The Hall–Kier alpha value is -2.67. The molecule has 0 saturated heterocycles. The minimum atomic E-state index is -1.05. The Bertz CT molecular complexity index is 922. The van der Waals surface area contributed by atoms with Crippen molar-refractivity contribution >= 4 is 34.5 Å². The maximum atomic E-state index is 12.5. The van der Waals surface area contributed by atoms with E-state index >= 15 is 0 Å². The first-order valence-electron chi connectivity index (χ1n) is 8.46. The second-order valence-electron chi connectivity index (χ2n) is 6.14. The van der Waals surface area contributed by atoms with Crippen molar-refractivity contribution < 1.29 is 14.7 Å². The van der Waals surface area contributed by atoms with Gasteiger partial charge in [-0.05, 0) is 63.5 Å². The van der Waals surface area contributed by atoms with Crippen molar-refractivity contribution in [1.82, 2.24) is 5.32 Å². The van der Waals surface area contributed by atoms with E-state index in [2.05, 4.69) is 27.9 Å². The van der Waals surface area contributed by atoms with Gasteiger partial charge in [-0.15, -0.1) is 0 Å². The number of hydrogen-bond donors (Lipinski definition) is 2. The number of aliphatic carboxylic acids is 1. The molecule has 0 aliphatic carbocycles. The van der Waals surface area contributed by atoms with Crippen molar-refractivity contribution in [2.75, 3.05) is 0 Å². The monoisotopic (exact) mass is 471 g/mol. The summed E-state index contributed by atoms with van der Waals surface area (Å²) in [5.74, 6) is -1.45. The van der Waals surface area contributed by atoms with Crippen LogP contribution in [0.3, 0.4) is 0 Å². The Balaban J connectivity index is 1.70. The van der Waals surface area contributed by atoms with E-state index in [-0.39, 0.29) is 6.42 Å². The number of nitrogens with one attached hydrogen (secondary N) is 1. The van der Waals surface area contributed by atoms with Crippen molar-refractivity contribution in [3.05, 3.63) is 93.6 Å². The highest BCUT2D eigenvalue weighted by Crippen LogP contribution is 2.19. The summed E-state index contributed by atoms with van der Waals surface area (Å²) < 4.78 is 1.07. The molecular weight excluding hydrogens is 453 g/mol. The molecule has 1 atom stereocenters. The molecule has 0 unspecified atom stereocenters. The lowest BCUT2D eigenvalue weighted by Gasteiger charge is -2.15. The van der Waals surface area contributed by atoms with Crippen LogP contribution in [0.2, 0.25) is 0 Å². The van der Waals surface area contributed by atoms with Crippen molar-refractivity contribution in [3.8, 4) is 11.1 Å². The molecule has 0 radical (unpaired) electrons. The van der Waals surface area contributed by atoms with Gasteiger partial charge < -0.3 is 10.4 Å².